The van der Waals surface area contributed by atoms with Crippen molar-refractivity contribution in [1.82, 2.24) is 14.7 Å². The van der Waals surface area contributed by atoms with Crippen molar-refractivity contribution in [2.24, 2.45) is 0 Å². The Hall–Kier alpha value is -2.83. The smallest absolute Gasteiger partial charge is 0.326 e. The van der Waals surface area contributed by atoms with Crippen LogP contribution in [-0.2, 0) is 16.1 Å². The van der Waals surface area contributed by atoms with Gasteiger partial charge in [0.05, 0.1) is 13.0 Å². The lowest BCUT2D eigenvalue weighted by atomic mass is 10.1. The molecule has 1 aromatic carbocycles. The number of carbonyl (C=O) groups is 3. The maximum absolute atomic E-state index is 12.7. The second kappa shape index (κ2) is 8.51. The number of carbonyl (C=O) groups excluding carboxylic acids is 3. The number of hydrogen-bond acceptors (Lipinski definition) is 4. The van der Waals surface area contributed by atoms with Gasteiger partial charge in [-0.05, 0) is 24.6 Å². The van der Waals surface area contributed by atoms with Crippen LogP contribution in [0.3, 0.4) is 0 Å². The number of likely N-dealkylation sites (N-methyl/N-ethyl adjacent to an activating group) is 2. The first kappa shape index (κ1) is 19.5. The zero-order valence-corrected chi connectivity index (χ0v) is 15.5. The maximum Gasteiger partial charge on any atom is 0.326 e. The molecule has 1 saturated heterocycles. The minimum Gasteiger partial charge on any atom is -0.494 e. The van der Waals surface area contributed by atoms with Crippen LogP contribution in [0.1, 0.15) is 18.9 Å². The summed E-state index contributed by atoms with van der Waals surface area (Å²) in [5.41, 5.74) is 0.922. The lowest BCUT2D eigenvalue weighted by Crippen LogP contribution is -2.39. The Balaban J connectivity index is 2.10. The molecule has 0 spiro atoms. The monoisotopic (exact) mass is 359 g/mol. The van der Waals surface area contributed by atoms with Crippen molar-refractivity contribution < 1.29 is 19.1 Å². The quantitative estimate of drug-likeness (QED) is 0.525. The molecular formula is C19H25N3O4. The second-order valence-electron chi connectivity index (χ2n) is 6.15. The van der Waals surface area contributed by atoms with Gasteiger partial charge in [0, 0.05) is 27.2 Å². The van der Waals surface area contributed by atoms with Gasteiger partial charge in [-0.1, -0.05) is 18.2 Å². The molecule has 1 aromatic rings. The zero-order chi connectivity index (χ0) is 19.3. The van der Waals surface area contributed by atoms with Crippen LogP contribution in [0.15, 0.2) is 36.9 Å². The van der Waals surface area contributed by atoms with Crippen LogP contribution in [-0.4, -0.2) is 65.8 Å². The molecular weight excluding hydrogens is 334 g/mol. The molecule has 0 N–H and O–H groups in total. The number of rotatable bonds is 8. The molecule has 26 heavy (non-hydrogen) atoms. The van der Waals surface area contributed by atoms with Gasteiger partial charge in [-0.2, -0.15) is 0 Å². The van der Waals surface area contributed by atoms with E-state index < -0.39 is 12.1 Å². The van der Waals surface area contributed by atoms with Crippen molar-refractivity contribution in [3.63, 3.8) is 0 Å². The summed E-state index contributed by atoms with van der Waals surface area (Å²) in [6.45, 7) is 6.90. The van der Waals surface area contributed by atoms with Crippen molar-refractivity contribution in [1.29, 1.82) is 0 Å². The van der Waals surface area contributed by atoms with E-state index in [4.69, 9.17) is 4.74 Å². The fraction of sp³-hybridized carbons (Fsp3) is 0.421. The molecule has 7 nitrogen and oxygen atoms in total. The van der Waals surface area contributed by atoms with Gasteiger partial charge >= 0.3 is 6.03 Å². The number of amides is 4. The van der Waals surface area contributed by atoms with Gasteiger partial charge in [0.25, 0.3) is 5.91 Å². The van der Waals surface area contributed by atoms with E-state index in [0.717, 1.165) is 16.2 Å². The third-order valence-electron chi connectivity index (χ3n) is 4.32. The minimum absolute atomic E-state index is 0.0512. The molecule has 1 fully saturated rings. The summed E-state index contributed by atoms with van der Waals surface area (Å²) in [6, 6.07) is 6.38. The van der Waals surface area contributed by atoms with Crippen LogP contribution in [0, 0.1) is 0 Å². The van der Waals surface area contributed by atoms with Gasteiger partial charge in [-0.25, -0.2) is 4.79 Å². The number of hydrogen-bond donors (Lipinski definition) is 0. The second-order valence-corrected chi connectivity index (χ2v) is 6.15. The van der Waals surface area contributed by atoms with E-state index in [1.165, 1.54) is 19.0 Å². The fourth-order valence-corrected chi connectivity index (χ4v) is 2.90. The largest absolute Gasteiger partial charge is 0.494 e. The molecule has 4 amide bonds. The SMILES string of the molecule is C=CCN(Cc1cccc(OCC)c1)C(=O)CC1C(=O)N(C)C(=O)N1C. The van der Waals surface area contributed by atoms with Crippen molar-refractivity contribution >= 4 is 17.8 Å². The summed E-state index contributed by atoms with van der Waals surface area (Å²) in [5, 5.41) is 0. The van der Waals surface area contributed by atoms with E-state index in [1.54, 1.807) is 11.0 Å². The van der Waals surface area contributed by atoms with Gasteiger partial charge in [0.2, 0.25) is 5.91 Å². The Kier molecular flexibility index (Phi) is 6.38. The molecule has 1 aliphatic heterocycles. The number of ether oxygens (including phenoxy) is 1. The van der Waals surface area contributed by atoms with Crippen LogP contribution in [0.2, 0.25) is 0 Å². The summed E-state index contributed by atoms with van der Waals surface area (Å²) in [5.74, 6) is 0.177. The predicted molar refractivity (Wildman–Crippen MR) is 97.6 cm³/mol. The fourth-order valence-electron chi connectivity index (χ4n) is 2.90. The highest BCUT2D eigenvalue weighted by atomic mass is 16.5. The highest BCUT2D eigenvalue weighted by molar-refractivity contribution is 6.05. The van der Waals surface area contributed by atoms with Gasteiger partial charge in [-0.15, -0.1) is 6.58 Å². The van der Waals surface area contributed by atoms with Crippen LogP contribution in [0.25, 0.3) is 0 Å². The Morgan fingerprint density at radius 1 is 1.35 bits per heavy atom. The van der Waals surface area contributed by atoms with Gasteiger partial charge in [-0.3, -0.25) is 14.5 Å². The first-order valence-electron chi connectivity index (χ1n) is 8.53. The standard InChI is InChI=1S/C19H25N3O4/c1-5-10-22(13-14-8-7-9-15(11-14)26-6-2)17(23)12-16-18(24)21(4)19(25)20(16)3/h5,7-9,11,16H,1,6,10,12-13H2,2-4H3. The van der Waals surface area contributed by atoms with Crippen molar-refractivity contribution in [3.05, 3.63) is 42.5 Å². The van der Waals surface area contributed by atoms with E-state index in [-0.39, 0.29) is 18.2 Å². The van der Waals surface area contributed by atoms with Gasteiger partial charge < -0.3 is 14.5 Å². The van der Waals surface area contributed by atoms with Crippen LogP contribution in [0.4, 0.5) is 4.79 Å². The summed E-state index contributed by atoms with van der Waals surface area (Å²) in [7, 11) is 2.96. The Morgan fingerprint density at radius 2 is 2.08 bits per heavy atom. The van der Waals surface area contributed by atoms with Crippen molar-refractivity contribution in [3.8, 4) is 5.75 Å². The van der Waals surface area contributed by atoms with Crippen LogP contribution < -0.4 is 4.74 Å². The molecule has 2 rings (SSSR count). The van der Waals surface area contributed by atoms with E-state index in [9.17, 15) is 14.4 Å². The summed E-state index contributed by atoms with van der Waals surface area (Å²) < 4.78 is 5.49. The van der Waals surface area contributed by atoms with E-state index in [0.29, 0.717) is 19.7 Å². The molecule has 7 heteroatoms. The highest BCUT2D eigenvalue weighted by Gasteiger charge is 2.42. The minimum atomic E-state index is -0.762. The number of nitrogens with zero attached hydrogens (tertiary/aromatic N) is 3. The molecule has 0 radical (unpaired) electrons. The molecule has 0 saturated carbocycles. The first-order valence-corrected chi connectivity index (χ1v) is 8.53. The summed E-state index contributed by atoms with van der Waals surface area (Å²) >= 11 is 0. The topological polar surface area (TPSA) is 70.2 Å². The predicted octanol–water partition coefficient (Wildman–Crippen LogP) is 1.88. The average molecular weight is 359 g/mol. The Labute approximate surface area is 153 Å². The van der Waals surface area contributed by atoms with E-state index in [1.807, 2.05) is 31.2 Å². The zero-order valence-electron chi connectivity index (χ0n) is 15.5. The summed E-state index contributed by atoms with van der Waals surface area (Å²) in [4.78, 5) is 40.8. The number of benzene rings is 1. The summed E-state index contributed by atoms with van der Waals surface area (Å²) in [6.07, 6.45) is 1.59. The molecule has 0 aliphatic carbocycles. The van der Waals surface area contributed by atoms with Crippen molar-refractivity contribution in [2.75, 3.05) is 27.2 Å². The lowest BCUT2D eigenvalue weighted by molar-refractivity contribution is -0.136. The number of urea groups is 1. The molecule has 0 bridgehead atoms. The van der Waals surface area contributed by atoms with Gasteiger partial charge in [0.1, 0.15) is 11.8 Å². The molecule has 1 unspecified atom stereocenters. The molecule has 1 atom stereocenters. The molecule has 1 aliphatic rings. The molecule has 0 aromatic heterocycles. The Bertz CT molecular complexity index is 704. The highest BCUT2D eigenvalue weighted by Crippen LogP contribution is 2.19. The average Bonchev–Trinajstić information content (AvgIpc) is 2.80. The van der Waals surface area contributed by atoms with Crippen molar-refractivity contribution in [2.45, 2.75) is 25.9 Å². The van der Waals surface area contributed by atoms with E-state index in [2.05, 4.69) is 6.58 Å². The van der Waals surface area contributed by atoms with Crippen LogP contribution in [0.5, 0.6) is 5.75 Å². The van der Waals surface area contributed by atoms with E-state index >= 15 is 0 Å². The van der Waals surface area contributed by atoms with Gasteiger partial charge in [0.15, 0.2) is 0 Å². The number of imide groups is 1. The maximum atomic E-state index is 12.7. The molecule has 140 valence electrons. The Morgan fingerprint density at radius 3 is 2.65 bits per heavy atom. The third kappa shape index (κ3) is 4.22. The first-order chi connectivity index (χ1) is 12.4. The van der Waals surface area contributed by atoms with Crippen LogP contribution >= 0.6 is 0 Å². The third-order valence-corrected chi connectivity index (χ3v) is 4.32. The normalized spacial score (nSPS) is 16.8. The lowest BCUT2D eigenvalue weighted by Gasteiger charge is -2.24. The molecule has 1 heterocycles.